The highest BCUT2D eigenvalue weighted by Crippen LogP contribution is 2.33. The Bertz CT molecular complexity index is 3070. The molecule has 6 rings (SSSR count). The van der Waals surface area contributed by atoms with Gasteiger partial charge in [-0.15, -0.1) is 10.2 Å². The number of non-ortho nitro benzene ring substituents is 1. The van der Waals surface area contributed by atoms with Crippen LogP contribution < -0.4 is 0 Å². The third-order valence-corrected chi connectivity index (χ3v) is 11.1. The Balaban J connectivity index is 1.29. The van der Waals surface area contributed by atoms with E-state index in [0.717, 1.165) is 41.2 Å². The lowest BCUT2D eigenvalue weighted by Crippen LogP contribution is -2.04. The fraction of sp³-hybridized carbons (Fsp3) is 0. The molecule has 0 unspecified atom stereocenters. The predicted octanol–water partition coefficient (Wildman–Crippen LogP) is 5.05. The van der Waals surface area contributed by atoms with Crippen molar-refractivity contribution in [2.75, 3.05) is 0 Å². The highest BCUT2D eigenvalue weighted by atomic mass is 32.2. The summed E-state index contributed by atoms with van der Waals surface area (Å²) in [6.45, 7) is 0. The summed E-state index contributed by atoms with van der Waals surface area (Å²) in [6.07, 6.45) is 2.15. The van der Waals surface area contributed by atoms with Crippen molar-refractivity contribution in [1.82, 2.24) is 15.0 Å². The second-order valence-electron chi connectivity index (χ2n) is 11.1. The number of rotatable bonds is 10. The first-order valence-electron chi connectivity index (χ1n) is 14.5. The minimum absolute atomic E-state index is 0.0335. The van der Waals surface area contributed by atoms with Gasteiger partial charge in [0.05, 0.1) is 26.9 Å². The van der Waals surface area contributed by atoms with E-state index in [2.05, 4.69) is 20.4 Å². The van der Waals surface area contributed by atoms with E-state index in [1.165, 1.54) is 48.5 Å². The van der Waals surface area contributed by atoms with Gasteiger partial charge in [0.25, 0.3) is 46.2 Å². The van der Waals surface area contributed by atoms with E-state index >= 15 is 0 Å². The lowest BCUT2D eigenvalue weighted by atomic mass is 10.1. The molecular formula is C30H20N6O14S4. The predicted molar refractivity (Wildman–Crippen MR) is 188 cm³/mol. The van der Waals surface area contributed by atoms with Gasteiger partial charge in [0.1, 0.15) is 25.7 Å². The summed E-state index contributed by atoms with van der Waals surface area (Å²) >= 11 is 0. The van der Waals surface area contributed by atoms with Crippen molar-refractivity contribution in [2.24, 2.45) is 10.2 Å². The van der Waals surface area contributed by atoms with Crippen LogP contribution in [0.4, 0.5) is 17.1 Å². The van der Waals surface area contributed by atoms with E-state index in [9.17, 15) is 62.0 Å². The van der Waals surface area contributed by atoms with Crippen LogP contribution in [0.5, 0.6) is 0 Å². The lowest BCUT2D eigenvalue weighted by Gasteiger charge is -2.07. The van der Waals surface area contributed by atoms with Crippen LogP contribution in [0.25, 0.3) is 39.6 Å². The van der Waals surface area contributed by atoms with Gasteiger partial charge in [0.15, 0.2) is 0 Å². The summed E-state index contributed by atoms with van der Waals surface area (Å²) in [7, 11) is -19.6. The van der Waals surface area contributed by atoms with Crippen LogP contribution in [0.3, 0.4) is 0 Å². The Morgan fingerprint density at radius 1 is 0.593 bits per heavy atom. The first kappa shape index (κ1) is 37.9. The summed E-state index contributed by atoms with van der Waals surface area (Å²) in [5.74, 6) is 0. The van der Waals surface area contributed by atoms with Gasteiger partial charge in [-0.3, -0.25) is 28.3 Å². The molecule has 54 heavy (non-hydrogen) atoms. The van der Waals surface area contributed by atoms with Gasteiger partial charge in [0.2, 0.25) is 0 Å². The topological polar surface area (TPSA) is 316 Å². The van der Waals surface area contributed by atoms with Crippen LogP contribution in [0.1, 0.15) is 11.1 Å². The Labute approximate surface area is 303 Å². The number of aromatic nitrogens is 3. The molecule has 0 spiro atoms. The molecule has 0 bridgehead atoms. The molecule has 0 radical (unpaired) electrons. The summed E-state index contributed by atoms with van der Waals surface area (Å²) in [5.41, 5.74) is -0.221. The molecule has 20 nitrogen and oxygen atoms in total. The number of hydrogen-bond donors (Lipinski definition) is 4. The van der Waals surface area contributed by atoms with E-state index in [-0.39, 0.29) is 44.3 Å². The van der Waals surface area contributed by atoms with Crippen molar-refractivity contribution >= 4 is 91.5 Å². The van der Waals surface area contributed by atoms with E-state index in [4.69, 9.17) is 0 Å². The largest absolute Gasteiger partial charge is 0.295 e. The molecule has 278 valence electrons. The molecule has 6 aromatic rings. The van der Waals surface area contributed by atoms with Gasteiger partial charge in [-0.05, 0) is 71.8 Å². The molecule has 0 saturated carbocycles. The first-order valence-corrected chi connectivity index (χ1v) is 20.2. The van der Waals surface area contributed by atoms with Crippen molar-refractivity contribution in [1.29, 1.82) is 0 Å². The van der Waals surface area contributed by atoms with Crippen LogP contribution >= 0.6 is 0 Å². The van der Waals surface area contributed by atoms with Crippen LogP contribution in [0.15, 0.2) is 115 Å². The molecule has 0 saturated heterocycles. The van der Waals surface area contributed by atoms with Crippen LogP contribution in [0, 0.1) is 10.1 Å². The van der Waals surface area contributed by atoms with Crippen molar-refractivity contribution < 1.29 is 56.8 Å². The number of nitro groups is 1. The van der Waals surface area contributed by atoms with Crippen molar-refractivity contribution in [3.63, 3.8) is 0 Å². The zero-order valence-corrected chi connectivity index (χ0v) is 29.7. The summed E-state index contributed by atoms with van der Waals surface area (Å²) in [4.78, 5) is 8.28. The normalized spacial score (nSPS) is 13.0. The summed E-state index contributed by atoms with van der Waals surface area (Å²) in [5, 5.41) is 27.6. The quantitative estimate of drug-likeness (QED) is 0.0462. The smallest absolute Gasteiger partial charge is 0.282 e. The third-order valence-electron chi connectivity index (χ3n) is 7.56. The molecule has 0 amide bonds. The fourth-order valence-corrected chi connectivity index (χ4v) is 7.87. The minimum atomic E-state index is -4.93. The number of nitro benzene ring substituents is 1. The highest BCUT2D eigenvalue weighted by molar-refractivity contribution is 7.87. The van der Waals surface area contributed by atoms with Gasteiger partial charge in [-0.1, -0.05) is 24.3 Å². The standard InChI is InChI=1S/C30H20N6O14S4/c37-36(38)22-8-4-18(28(14-22)53(45,46)47)2-1-17-3-5-20(13-27(17)52(42,43)44)32-31-19-6-9-21(10-7-19)35-33-26-12-11-24-25(30(26)34-35)15-23(51(39,40)41)16-29(24)54(48,49)50/h1-16H,(H,39,40,41)(H,42,43,44)(H,45,46,47)(H,48,49,50). The first-order chi connectivity index (χ1) is 25.1. The van der Waals surface area contributed by atoms with Gasteiger partial charge in [-0.2, -0.15) is 48.7 Å². The van der Waals surface area contributed by atoms with Gasteiger partial charge < -0.3 is 0 Å². The zero-order chi connectivity index (χ0) is 39.4. The number of nitrogens with zero attached hydrogens (tertiary/aromatic N) is 6. The van der Waals surface area contributed by atoms with E-state index < -0.39 is 70.7 Å². The molecule has 1 aromatic heterocycles. The Kier molecular flexibility index (Phi) is 9.49. The van der Waals surface area contributed by atoms with Gasteiger partial charge >= 0.3 is 0 Å². The molecule has 4 N–H and O–H groups in total. The lowest BCUT2D eigenvalue weighted by molar-refractivity contribution is -0.385. The van der Waals surface area contributed by atoms with Gasteiger partial charge in [0, 0.05) is 22.9 Å². The van der Waals surface area contributed by atoms with Crippen molar-refractivity contribution in [3.05, 3.63) is 106 Å². The molecule has 5 aromatic carbocycles. The zero-order valence-electron chi connectivity index (χ0n) is 26.4. The molecule has 0 fully saturated rings. The maximum absolute atomic E-state index is 12.2. The van der Waals surface area contributed by atoms with Crippen LogP contribution in [-0.4, -0.2) is 71.8 Å². The second-order valence-corrected chi connectivity index (χ2v) is 16.7. The van der Waals surface area contributed by atoms with Gasteiger partial charge in [-0.25, -0.2) is 0 Å². The summed E-state index contributed by atoms with van der Waals surface area (Å²) < 4.78 is 135. The molecule has 0 atom stereocenters. The number of azo groups is 1. The fourth-order valence-electron chi connectivity index (χ4n) is 5.12. The van der Waals surface area contributed by atoms with E-state index in [0.29, 0.717) is 17.8 Å². The Hall–Kier alpha value is -5.86. The number of hydrogen-bond acceptors (Lipinski definition) is 14. The van der Waals surface area contributed by atoms with E-state index in [1.54, 1.807) is 0 Å². The average Bonchev–Trinajstić information content (AvgIpc) is 3.53. The highest BCUT2D eigenvalue weighted by Gasteiger charge is 2.23. The van der Waals surface area contributed by atoms with Crippen molar-refractivity contribution in [3.8, 4) is 5.69 Å². The van der Waals surface area contributed by atoms with E-state index in [1.807, 2.05) is 0 Å². The average molecular weight is 817 g/mol. The van der Waals surface area contributed by atoms with Crippen LogP contribution in [-0.2, 0) is 40.5 Å². The maximum atomic E-state index is 12.2. The third kappa shape index (κ3) is 7.89. The Morgan fingerprint density at radius 2 is 1.15 bits per heavy atom. The van der Waals surface area contributed by atoms with Crippen molar-refractivity contribution in [2.45, 2.75) is 19.6 Å². The summed E-state index contributed by atoms with van der Waals surface area (Å²) in [6, 6.07) is 16.3. The molecule has 0 aliphatic rings. The second kappa shape index (κ2) is 13.5. The molecule has 0 aliphatic heterocycles. The monoisotopic (exact) mass is 816 g/mol. The minimum Gasteiger partial charge on any atom is -0.282 e. The van der Waals surface area contributed by atoms with Crippen LogP contribution in [0.2, 0.25) is 0 Å². The molecule has 0 aliphatic carbocycles. The molecule has 24 heteroatoms. The maximum Gasteiger partial charge on any atom is 0.295 e. The Morgan fingerprint density at radius 3 is 1.72 bits per heavy atom. The molecular weight excluding hydrogens is 797 g/mol. The molecule has 1 heterocycles. The SMILES string of the molecule is O=[N+]([O-])c1ccc(C=Cc2ccc(N=Nc3ccc(-n4nc5ccc6c(S(=O)(=O)O)cc(S(=O)(=O)O)cc6c5n4)cc3)cc2S(=O)(=O)O)c(S(=O)(=O)O)c1. The number of fused-ring (bicyclic) bond motifs is 3. The number of benzene rings is 5.